The van der Waals surface area contributed by atoms with Gasteiger partial charge in [0, 0.05) is 41.8 Å². The molecule has 1 aromatic carbocycles. The van der Waals surface area contributed by atoms with Crippen molar-refractivity contribution in [3.8, 4) is 11.3 Å². The third-order valence-corrected chi connectivity index (χ3v) is 6.63. The lowest BCUT2D eigenvalue weighted by Gasteiger charge is -2.22. The van der Waals surface area contributed by atoms with E-state index in [1.807, 2.05) is 5.38 Å². The average Bonchev–Trinajstić information content (AvgIpc) is 3.03. The van der Waals surface area contributed by atoms with Crippen LogP contribution in [0.5, 0.6) is 0 Å². The first-order chi connectivity index (χ1) is 12.2. The molecule has 1 unspecified atom stereocenters. The summed E-state index contributed by atoms with van der Waals surface area (Å²) in [4.78, 5) is 4.84. The lowest BCUT2D eigenvalue weighted by atomic mass is 10.1. The second kappa shape index (κ2) is 7.24. The number of nitrogens with one attached hydrogen (secondary N) is 3. The molecule has 5 N–H and O–H groups in total. The maximum atomic E-state index is 12.9. The van der Waals surface area contributed by atoms with Crippen LogP contribution in [-0.2, 0) is 10.0 Å². The minimum atomic E-state index is -3.73. The maximum absolute atomic E-state index is 12.9. The predicted molar refractivity (Wildman–Crippen MR) is 106 cm³/mol. The molecule has 3 rings (SSSR count). The minimum absolute atomic E-state index is 0.143. The SMILES string of the molecule is CC(C)(C)NS(=O)(=O)c1cc(N)ccc1-c1csc(C2CNCCN2)n1. The van der Waals surface area contributed by atoms with Crippen molar-refractivity contribution in [2.75, 3.05) is 25.4 Å². The topological polar surface area (TPSA) is 109 Å². The summed E-state index contributed by atoms with van der Waals surface area (Å²) >= 11 is 1.53. The number of sulfonamides is 1. The van der Waals surface area contributed by atoms with Crippen LogP contribution in [0.25, 0.3) is 11.3 Å². The van der Waals surface area contributed by atoms with Crippen LogP contribution in [0.4, 0.5) is 5.69 Å². The molecule has 7 nitrogen and oxygen atoms in total. The van der Waals surface area contributed by atoms with Crippen LogP contribution >= 0.6 is 11.3 Å². The molecule has 0 aliphatic carbocycles. The summed E-state index contributed by atoms with van der Waals surface area (Å²) in [5, 5.41) is 9.59. The van der Waals surface area contributed by atoms with E-state index in [9.17, 15) is 8.42 Å². The van der Waals surface area contributed by atoms with Crippen molar-refractivity contribution in [2.45, 2.75) is 37.2 Å². The smallest absolute Gasteiger partial charge is 0.241 e. The van der Waals surface area contributed by atoms with E-state index in [1.54, 1.807) is 32.9 Å². The van der Waals surface area contributed by atoms with Crippen LogP contribution in [-0.4, -0.2) is 38.6 Å². The van der Waals surface area contributed by atoms with Crippen LogP contribution < -0.4 is 21.1 Å². The molecule has 26 heavy (non-hydrogen) atoms. The Kier molecular flexibility index (Phi) is 5.36. The normalized spacial score (nSPS) is 18.8. The molecule has 1 atom stereocenters. The molecule has 1 aliphatic heterocycles. The summed E-state index contributed by atoms with van der Waals surface area (Å²) in [6, 6.07) is 5.05. The Balaban J connectivity index is 2.00. The van der Waals surface area contributed by atoms with Crippen molar-refractivity contribution in [3.05, 3.63) is 28.6 Å². The van der Waals surface area contributed by atoms with Crippen molar-refractivity contribution >= 4 is 27.0 Å². The standard InChI is InChI=1S/C17H25N5O2S2/c1-17(2,3)22-26(23,24)15-8-11(18)4-5-12(15)14-10-25-16(21-14)13-9-19-6-7-20-13/h4-5,8,10,13,19-20,22H,6-7,9,18H2,1-3H3. The van der Waals surface area contributed by atoms with E-state index in [4.69, 9.17) is 5.73 Å². The monoisotopic (exact) mass is 395 g/mol. The van der Waals surface area contributed by atoms with Crippen LogP contribution in [0.3, 0.4) is 0 Å². The minimum Gasteiger partial charge on any atom is -0.399 e. The summed E-state index contributed by atoms with van der Waals surface area (Å²) in [5.41, 5.74) is 6.87. The van der Waals surface area contributed by atoms with E-state index in [1.165, 1.54) is 17.4 Å². The number of hydrogen-bond donors (Lipinski definition) is 4. The Morgan fingerprint density at radius 2 is 2.08 bits per heavy atom. The number of nitrogens with zero attached hydrogens (tertiary/aromatic N) is 1. The third-order valence-electron chi connectivity index (χ3n) is 3.87. The van der Waals surface area contributed by atoms with E-state index < -0.39 is 15.6 Å². The summed E-state index contributed by atoms with van der Waals surface area (Å²) in [7, 11) is -3.73. The molecule has 0 spiro atoms. The second-order valence-electron chi connectivity index (χ2n) is 7.39. The molecule has 1 saturated heterocycles. The highest BCUT2D eigenvalue weighted by atomic mass is 32.2. The fraction of sp³-hybridized carbons (Fsp3) is 0.471. The van der Waals surface area contributed by atoms with E-state index in [0.717, 1.165) is 24.6 Å². The van der Waals surface area contributed by atoms with Crippen molar-refractivity contribution in [1.82, 2.24) is 20.3 Å². The highest BCUT2D eigenvalue weighted by Gasteiger charge is 2.27. The van der Waals surface area contributed by atoms with Gasteiger partial charge in [0.25, 0.3) is 0 Å². The molecule has 1 aromatic heterocycles. The van der Waals surface area contributed by atoms with Gasteiger partial charge in [-0.1, -0.05) is 0 Å². The van der Waals surface area contributed by atoms with E-state index in [0.29, 0.717) is 16.9 Å². The molecule has 0 amide bonds. The quantitative estimate of drug-likeness (QED) is 0.587. The molecular formula is C17H25N5O2S2. The van der Waals surface area contributed by atoms with Gasteiger partial charge in [-0.3, -0.25) is 0 Å². The van der Waals surface area contributed by atoms with Gasteiger partial charge in [0.1, 0.15) is 5.01 Å². The van der Waals surface area contributed by atoms with Gasteiger partial charge in [-0.2, -0.15) is 0 Å². The third kappa shape index (κ3) is 4.41. The highest BCUT2D eigenvalue weighted by molar-refractivity contribution is 7.89. The number of benzene rings is 1. The highest BCUT2D eigenvalue weighted by Crippen LogP contribution is 2.32. The Morgan fingerprint density at radius 1 is 1.31 bits per heavy atom. The molecule has 142 valence electrons. The second-order valence-corrected chi connectivity index (χ2v) is 9.93. The zero-order chi connectivity index (χ0) is 18.9. The largest absolute Gasteiger partial charge is 0.399 e. The van der Waals surface area contributed by atoms with Crippen LogP contribution in [0.15, 0.2) is 28.5 Å². The zero-order valence-corrected chi connectivity index (χ0v) is 16.8. The molecule has 1 aliphatic rings. The van der Waals surface area contributed by atoms with E-state index >= 15 is 0 Å². The number of aromatic nitrogens is 1. The lowest BCUT2D eigenvalue weighted by molar-refractivity contribution is 0.429. The number of nitrogen functional groups attached to an aromatic ring is 1. The summed E-state index contributed by atoms with van der Waals surface area (Å²) < 4.78 is 28.5. The zero-order valence-electron chi connectivity index (χ0n) is 15.2. The molecule has 9 heteroatoms. The Labute approximate surface area is 158 Å². The summed E-state index contributed by atoms with van der Waals surface area (Å²) in [6.07, 6.45) is 0. The molecule has 1 fully saturated rings. The number of rotatable bonds is 4. The van der Waals surface area contributed by atoms with Crippen LogP contribution in [0.2, 0.25) is 0 Å². The summed E-state index contributed by atoms with van der Waals surface area (Å²) in [6.45, 7) is 8.05. The first kappa shape index (κ1) is 19.2. The van der Waals surface area contributed by atoms with Crippen LogP contribution in [0.1, 0.15) is 31.8 Å². The Morgan fingerprint density at radius 3 is 2.73 bits per heavy atom. The fourth-order valence-corrected chi connectivity index (χ4v) is 5.39. The predicted octanol–water partition coefficient (Wildman–Crippen LogP) is 1.70. The van der Waals surface area contributed by atoms with Crippen molar-refractivity contribution in [2.24, 2.45) is 0 Å². The number of hydrogen-bond acceptors (Lipinski definition) is 7. The van der Waals surface area contributed by atoms with Crippen molar-refractivity contribution in [3.63, 3.8) is 0 Å². The van der Waals surface area contributed by atoms with Gasteiger partial charge in [0.2, 0.25) is 10.0 Å². The van der Waals surface area contributed by atoms with E-state index in [-0.39, 0.29) is 10.9 Å². The number of thiazole rings is 1. The van der Waals surface area contributed by atoms with Gasteiger partial charge < -0.3 is 16.4 Å². The molecule has 2 aromatic rings. The maximum Gasteiger partial charge on any atom is 0.241 e. The molecule has 0 bridgehead atoms. The van der Waals surface area contributed by atoms with E-state index in [2.05, 4.69) is 20.3 Å². The molecule has 0 radical (unpaired) electrons. The first-order valence-electron chi connectivity index (χ1n) is 8.49. The van der Waals surface area contributed by atoms with Gasteiger partial charge in [0.05, 0.1) is 16.6 Å². The van der Waals surface area contributed by atoms with Crippen molar-refractivity contribution in [1.29, 1.82) is 0 Å². The molecular weight excluding hydrogens is 370 g/mol. The molecule has 0 saturated carbocycles. The fourth-order valence-electron chi connectivity index (χ4n) is 2.83. The Hall–Kier alpha value is -1.52. The number of anilines is 1. The lowest BCUT2D eigenvalue weighted by Crippen LogP contribution is -2.42. The van der Waals surface area contributed by atoms with Gasteiger partial charge in [-0.25, -0.2) is 18.1 Å². The number of nitrogens with two attached hydrogens (primary N) is 1. The van der Waals surface area contributed by atoms with Gasteiger partial charge in [-0.15, -0.1) is 11.3 Å². The summed E-state index contributed by atoms with van der Waals surface area (Å²) in [5.74, 6) is 0. The van der Waals surface area contributed by atoms with Crippen LogP contribution in [0, 0.1) is 0 Å². The average molecular weight is 396 g/mol. The molecule has 2 heterocycles. The Bertz CT molecular complexity index is 881. The van der Waals surface area contributed by atoms with Gasteiger partial charge in [-0.05, 0) is 39.0 Å². The van der Waals surface area contributed by atoms with Gasteiger partial charge >= 0.3 is 0 Å². The van der Waals surface area contributed by atoms with Crippen molar-refractivity contribution < 1.29 is 8.42 Å². The number of piperazine rings is 1. The van der Waals surface area contributed by atoms with Gasteiger partial charge in [0.15, 0.2) is 0 Å². The first-order valence-corrected chi connectivity index (χ1v) is 10.9.